The summed E-state index contributed by atoms with van der Waals surface area (Å²) in [6.45, 7) is 5.14. The van der Waals surface area contributed by atoms with Crippen molar-refractivity contribution in [3.8, 4) is 17.1 Å². The number of fused-ring (bicyclic) bond motifs is 1. The van der Waals surface area contributed by atoms with Gasteiger partial charge in [-0.15, -0.1) is 10.2 Å². The van der Waals surface area contributed by atoms with Gasteiger partial charge in [-0.3, -0.25) is 4.79 Å². The zero-order valence-electron chi connectivity index (χ0n) is 21.2. The Kier molecular flexibility index (Phi) is 6.63. The highest BCUT2D eigenvalue weighted by Gasteiger charge is 2.24. The summed E-state index contributed by atoms with van der Waals surface area (Å²) < 4.78 is 17.5. The van der Waals surface area contributed by atoms with E-state index in [1.54, 1.807) is 24.5 Å². The smallest absolute Gasteiger partial charge is 0.297 e. The Morgan fingerprint density at radius 1 is 1.18 bits per heavy atom. The molecule has 38 heavy (non-hydrogen) atoms. The summed E-state index contributed by atoms with van der Waals surface area (Å²) in [6, 6.07) is 8.26. The van der Waals surface area contributed by atoms with E-state index in [4.69, 9.17) is 18.6 Å². The molecule has 5 heterocycles. The van der Waals surface area contributed by atoms with Crippen molar-refractivity contribution >= 4 is 18.0 Å². The maximum Gasteiger partial charge on any atom is 0.297 e. The number of carbonyl (C=O) groups is 1. The van der Waals surface area contributed by atoms with Crippen molar-refractivity contribution < 1.29 is 18.4 Å². The van der Waals surface area contributed by atoms with Crippen LogP contribution in [0.4, 0.5) is 6.01 Å². The lowest BCUT2D eigenvalue weighted by Gasteiger charge is -2.29. The molecule has 0 saturated carbocycles. The van der Waals surface area contributed by atoms with Gasteiger partial charge in [-0.1, -0.05) is 0 Å². The molecule has 11 heteroatoms. The molecule has 0 aliphatic carbocycles. The number of ether oxygens (including phenoxy) is 1. The number of aromatic nitrogens is 5. The van der Waals surface area contributed by atoms with E-state index in [-0.39, 0.29) is 12.5 Å². The normalized spacial score (nSPS) is 15.7. The highest BCUT2D eigenvalue weighted by molar-refractivity contribution is 5.91. The number of piperidine rings is 1. The Bertz CT molecular complexity index is 1420. The van der Waals surface area contributed by atoms with E-state index in [9.17, 15) is 4.79 Å². The van der Waals surface area contributed by atoms with Gasteiger partial charge >= 0.3 is 0 Å². The molecule has 0 spiro atoms. The third kappa shape index (κ3) is 5.04. The Labute approximate surface area is 219 Å². The van der Waals surface area contributed by atoms with Crippen molar-refractivity contribution in [2.24, 2.45) is 0 Å². The minimum absolute atomic E-state index is 0.0692. The third-order valence-electron chi connectivity index (χ3n) is 7.02. The van der Waals surface area contributed by atoms with Crippen LogP contribution in [-0.2, 0) is 24.4 Å². The lowest BCUT2D eigenvalue weighted by atomic mass is 9.96. The molecule has 6 rings (SSSR count). The molecule has 4 aromatic rings. The number of amides is 1. The number of nitrogens with zero attached hydrogens (tertiary/aromatic N) is 6. The summed E-state index contributed by atoms with van der Waals surface area (Å²) in [5.74, 6) is 2.37. The number of furan rings is 1. The second-order valence-corrected chi connectivity index (χ2v) is 9.55. The van der Waals surface area contributed by atoms with E-state index in [1.807, 2.05) is 30.0 Å². The number of nitrogens with one attached hydrogen (secondary N) is 1. The van der Waals surface area contributed by atoms with Crippen LogP contribution in [0.3, 0.4) is 0 Å². The lowest BCUT2D eigenvalue weighted by Crippen LogP contribution is -2.34. The van der Waals surface area contributed by atoms with Crippen LogP contribution in [-0.4, -0.2) is 56.0 Å². The first-order valence-corrected chi connectivity index (χ1v) is 12.9. The van der Waals surface area contributed by atoms with E-state index < -0.39 is 0 Å². The topological polar surface area (TPSA) is 126 Å². The molecule has 196 valence electrons. The van der Waals surface area contributed by atoms with Crippen molar-refractivity contribution in [1.82, 2.24) is 30.5 Å². The Hall–Kier alpha value is -4.41. The molecule has 1 amide bonds. The molecule has 0 bridgehead atoms. The minimum Gasteiger partial charge on any atom is -0.486 e. The monoisotopic (exact) mass is 515 g/mol. The van der Waals surface area contributed by atoms with E-state index in [2.05, 4.69) is 25.5 Å². The molecular formula is C27H29N7O4. The van der Waals surface area contributed by atoms with Crippen LogP contribution in [0.25, 0.3) is 17.5 Å². The fourth-order valence-corrected chi connectivity index (χ4v) is 4.90. The molecule has 3 aromatic heterocycles. The standard InChI is InChI=1S/C27H29N7O4/c1-18-23(28-27(38-18)33-10-3-2-4-11-33)17-37-24-15-20-16-34(25(35)8-7-21-6-5-13-36-21)12-9-19(20)14-22(24)26-29-31-32-30-26/h5-8,13-15H,2-4,9-12,16-17H2,1H3,(H,29,30,31,32)/b8-7+. The van der Waals surface area contributed by atoms with Crippen LogP contribution >= 0.6 is 0 Å². The molecule has 0 radical (unpaired) electrons. The summed E-state index contributed by atoms with van der Waals surface area (Å²) in [4.78, 5) is 21.6. The second kappa shape index (κ2) is 10.5. The van der Waals surface area contributed by atoms with Crippen molar-refractivity contribution in [3.63, 3.8) is 0 Å². The van der Waals surface area contributed by atoms with Crippen LogP contribution in [0, 0.1) is 6.92 Å². The number of tetrazole rings is 1. The highest BCUT2D eigenvalue weighted by atomic mass is 16.5. The van der Waals surface area contributed by atoms with Gasteiger partial charge in [0.15, 0.2) is 0 Å². The summed E-state index contributed by atoms with van der Waals surface area (Å²) in [6.07, 6.45) is 9.06. The number of hydrogen-bond donors (Lipinski definition) is 1. The van der Waals surface area contributed by atoms with Crippen molar-refractivity contribution in [2.45, 2.75) is 45.8 Å². The first-order valence-electron chi connectivity index (χ1n) is 12.9. The molecule has 2 aliphatic heterocycles. The van der Waals surface area contributed by atoms with Gasteiger partial charge in [0.05, 0.1) is 11.8 Å². The molecule has 0 unspecified atom stereocenters. The lowest BCUT2D eigenvalue weighted by molar-refractivity contribution is -0.126. The summed E-state index contributed by atoms with van der Waals surface area (Å²) in [7, 11) is 0. The summed E-state index contributed by atoms with van der Waals surface area (Å²) >= 11 is 0. The SMILES string of the molecule is Cc1oc(N2CCCCC2)nc1COc1cc2c(cc1-c1nn[nH]n1)CCN(C(=O)/C=C/c1ccco1)C2. The number of hydrogen-bond acceptors (Lipinski definition) is 9. The average Bonchev–Trinajstić information content (AvgIpc) is 3.73. The third-order valence-corrected chi connectivity index (χ3v) is 7.02. The van der Waals surface area contributed by atoms with Gasteiger partial charge in [-0.25, -0.2) is 0 Å². The molecule has 1 fully saturated rings. The molecule has 1 saturated heterocycles. The van der Waals surface area contributed by atoms with Crippen LogP contribution in [0.15, 0.2) is 45.4 Å². The Balaban J connectivity index is 1.22. The first kappa shape index (κ1) is 24.0. The Morgan fingerprint density at radius 2 is 2.08 bits per heavy atom. The minimum atomic E-state index is -0.0692. The number of H-pyrrole nitrogens is 1. The molecule has 1 N–H and O–H groups in total. The van der Waals surface area contributed by atoms with Gasteiger partial charge < -0.3 is 23.4 Å². The molecule has 0 atom stereocenters. The average molecular weight is 516 g/mol. The number of aromatic amines is 1. The number of anilines is 1. The molecule has 1 aromatic carbocycles. The van der Waals surface area contributed by atoms with Crippen molar-refractivity contribution in [2.75, 3.05) is 24.5 Å². The predicted molar refractivity (Wildman–Crippen MR) is 138 cm³/mol. The van der Waals surface area contributed by atoms with Crippen LogP contribution in [0.2, 0.25) is 0 Å². The summed E-state index contributed by atoms with van der Waals surface area (Å²) in [5, 5.41) is 14.6. The predicted octanol–water partition coefficient (Wildman–Crippen LogP) is 3.92. The number of rotatable bonds is 7. The van der Waals surface area contributed by atoms with Gasteiger partial charge in [0.2, 0.25) is 11.7 Å². The van der Waals surface area contributed by atoms with E-state index >= 15 is 0 Å². The van der Waals surface area contributed by atoms with Crippen LogP contribution < -0.4 is 9.64 Å². The molecule has 2 aliphatic rings. The Morgan fingerprint density at radius 3 is 2.87 bits per heavy atom. The fourth-order valence-electron chi connectivity index (χ4n) is 4.90. The van der Waals surface area contributed by atoms with Crippen molar-refractivity contribution in [1.29, 1.82) is 0 Å². The maximum atomic E-state index is 12.8. The zero-order chi connectivity index (χ0) is 25.9. The quantitative estimate of drug-likeness (QED) is 0.364. The summed E-state index contributed by atoms with van der Waals surface area (Å²) in [5.41, 5.74) is 3.64. The maximum absolute atomic E-state index is 12.8. The number of benzene rings is 1. The van der Waals surface area contributed by atoms with E-state index in [1.165, 1.54) is 6.42 Å². The van der Waals surface area contributed by atoms with Crippen LogP contribution in [0.1, 0.15) is 47.6 Å². The highest BCUT2D eigenvalue weighted by Crippen LogP contribution is 2.34. The largest absolute Gasteiger partial charge is 0.486 e. The second-order valence-electron chi connectivity index (χ2n) is 9.55. The first-order chi connectivity index (χ1) is 18.6. The van der Waals surface area contributed by atoms with E-state index in [0.29, 0.717) is 42.9 Å². The van der Waals surface area contributed by atoms with Gasteiger partial charge in [-0.05, 0) is 79.3 Å². The number of oxazole rings is 1. The zero-order valence-corrected chi connectivity index (χ0v) is 21.2. The fraction of sp³-hybridized carbons (Fsp3) is 0.370. The van der Waals surface area contributed by atoms with E-state index in [0.717, 1.165) is 54.1 Å². The van der Waals surface area contributed by atoms with Gasteiger partial charge in [0.25, 0.3) is 6.01 Å². The molecular weight excluding hydrogens is 486 g/mol. The number of aryl methyl sites for hydroxylation is 1. The van der Waals surface area contributed by atoms with Gasteiger partial charge in [0, 0.05) is 32.3 Å². The van der Waals surface area contributed by atoms with Gasteiger partial charge in [-0.2, -0.15) is 10.2 Å². The number of carbonyl (C=O) groups excluding carboxylic acids is 1. The van der Waals surface area contributed by atoms with Crippen molar-refractivity contribution in [3.05, 3.63) is 64.9 Å². The molecule has 11 nitrogen and oxygen atoms in total. The van der Waals surface area contributed by atoms with Crippen LogP contribution in [0.5, 0.6) is 5.75 Å². The van der Waals surface area contributed by atoms with Gasteiger partial charge in [0.1, 0.15) is 29.6 Å².